The Morgan fingerprint density at radius 3 is 2.48 bits per heavy atom. The first-order valence-corrected chi connectivity index (χ1v) is 9.56. The first-order chi connectivity index (χ1) is 13.2. The summed E-state index contributed by atoms with van der Waals surface area (Å²) in [6.45, 7) is 3.35. The Morgan fingerprint density at radius 1 is 1.07 bits per heavy atom. The van der Waals surface area contributed by atoms with Crippen LogP contribution in [0.2, 0.25) is 0 Å². The minimum absolute atomic E-state index is 0.0614. The summed E-state index contributed by atoms with van der Waals surface area (Å²) in [7, 11) is 0. The number of hydrogen-bond acceptors (Lipinski definition) is 5. The van der Waals surface area contributed by atoms with Crippen molar-refractivity contribution in [1.29, 1.82) is 0 Å². The molecule has 3 heterocycles. The molecule has 2 fully saturated rings. The van der Waals surface area contributed by atoms with E-state index in [0.717, 1.165) is 51.9 Å². The molecule has 4 rings (SSSR count). The van der Waals surface area contributed by atoms with Gasteiger partial charge in [-0.2, -0.15) is 0 Å². The lowest BCUT2D eigenvalue weighted by atomic mass is 9.98. The molecule has 2 aliphatic rings. The minimum atomic E-state index is -0.302. The van der Waals surface area contributed by atoms with Crippen LogP contribution in [0.25, 0.3) is 0 Å². The van der Waals surface area contributed by atoms with Gasteiger partial charge >= 0.3 is 0 Å². The molecular weight excluding hydrogens is 349 g/mol. The van der Waals surface area contributed by atoms with Gasteiger partial charge in [0.15, 0.2) is 11.6 Å². The van der Waals surface area contributed by atoms with E-state index in [-0.39, 0.29) is 17.8 Å². The van der Waals surface area contributed by atoms with Gasteiger partial charge in [0.25, 0.3) is 5.91 Å². The molecule has 6 nitrogen and oxygen atoms in total. The summed E-state index contributed by atoms with van der Waals surface area (Å²) in [4.78, 5) is 16.6. The number of nitrogens with zero attached hydrogens (tertiary/aromatic N) is 3. The summed E-state index contributed by atoms with van der Waals surface area (Å²) in [5, 5.41) is 3.60. The maximum absolute atomic E-state index is 13.7. The van der Waals surface area contributed by atoms with Gasteiger partial charge in [-0.25, -0.2) is 4.39 Å². The third kappa shape index (κ3) is 4.13. The van der Waals surface area contributed by atoms with Crippen molar-refractivity contribution in [1.82, 2.24) is 15.0 Å². The highest BCUT2D eigenvalue weighted by molar-refractivity contribution is 5.91. The lowest BCUT2D eigenvalue weighted by molar-refractivity contribution is 0.0399. The van der Waals surface area contributed by atoms with Crippen molar-refractivity contribution in [2.45, 2.75) is 37.8 Å². The van der Waals surface area contributed by atoms with Crippen molar-refractivity contribution in [3.8, 4) is 5.75 Å². The zero-order valence-corrected chi connectivity index (χ0v) is 15.2. The number of halogens is 1. The number of carbonyl (C=O) groups is 1. The molecule has 0 spiro atoms. The van der Waals surface area contributed by atoms with Crippen LogP contribution in [0.15, 0.2) is 41.1 Å². The average Bonchev–Trinajstić information content (AvgIpc) is 3.25. The quantitative estimate of drug-likeness (QED) is 0.825. The van der Waals surface area contributed by atoms with Gasteiger partial charge in [-0.15, -0.1) is 0 Å². The number of amides is 1. The number of carbonyl (C=O) groups excluding carboxylic acids is 1. The second kappa shape index (κ2) is 8.08. The number of hydrogen-bond donors (Lipinski definition) is 0. The zero-order valence-electron chi connectivity index (χ0n) is 15.2. The highest BCUT2D eigenvalue weighted by Crippen LogP contribution is 2.25. The number of rotatable bonds is 4. The lowest BCUT2D eigenvalue weighted by Crippen LogP contribution is -2.50. The summed E-state index contributed by atoms with van der Waals surface area (Å²) in [5.74, 6) is 0.265. The van der Waals surface area contributed by atoms with E-state index in [2.05, 4.69) is 10.1 Å². The monoisotopic (exact) mass is 373 g/mol. The predicted octanol–water partition coefficient (Wildman–Crippen LogP) is 2.96. The van der Waals surface area contributed by atoms with Gasteiger partial charge in [0.2, 0.25) is 5.76 Å². The van der Waals surface area contributed by atoms with E-state index in [1.807, 2.05) is 4.90 Å². The second-order valence-electron chi connectivity index (χ2n) is 7.18. The molecule has 2 saturated heterocycles. The zero-order chi connectivity index (χ0) is 18.6. The largest absolute Gasteiger partial charge is 0.487 e. The highest BCUT2D eigenvalue weighted by atomic mass is 19.1. The van der Waals surface area contributed by atoms with Gasteiger partial charge < -0.3 is 14.2 Å². The van der Waals surface area contributed by atoms with Crippen LogP contribution < -0.4 is 4.74 Å². The minimum Gasteiger partial charge on any atom is -0.487 e. The number of piperidine rings is 2. The Balaban J connectivity index is 1.24. The molecule has 1 aromatic carbocycles. The van der Waals surface area contributed by atoms with Crippen LogP contribution in [-0.2, 0) is 0 Å². The first-order valence-electron chi connectivity index (χ1n) is 9.56. The lowest BCUT2D eigenvalue weighted by Gasteiger charge is -2.41. The average molecular weight is 373 g/mol. The van der Waals surface area contributed by atoms with Gasteiger partial charge in [-0.3, -0.25) is 9.69 Å². The van der Waals surface area contributed by atoms with Crippen LogP contribution >= 0.6 is 0 Å². The van der Waals surface area contributed by atoms with E-state index in [1.54, 1.807) is 24.3 Å². The molecular formula is C20H24FN3O3. The molecule has 1 amide bonds. The Bertz CT molecular complexity index is 752. The van der Waals surface area contributed by atoms with Gasteiger partial charge in [0, 0.05) is 38.3 Å². The molecule has 0 saturated carbocycles. The third-order valence-corrected chi connectivity index (χ3v) is 5.52. The Kier molecular flexibility index (Phi) is 5.38. The van der Waals surface area contributed by atoms with Crippen LogP contribution in [0, 0.1) is 5.82 Å². The summed E-state index contributed by atoms with van der Waals surface area (Å²) in [5.41, 5.74) is 0. The molecule has 7 heteroatoms. The molecule has 0 aliphatic carbocycles. The summed E-state index contributed by atoms with van der Waals surface area (Å²) < 4.78 is 24.5. The number of likely N-dealkylation sites (tertiary alicyclic amines) is 2. The van der Waals surface area contributed by atoms with Gasteiger partial charge in [-0.05, 0) is 37.8 Å². The molecule has 0 N–H and O–H groups in total. The summed E-state index contributed by atoms with van der Waals surface area (Å²) in [6.07, 6.45) is 5.26. The SMILES string of the molecule is O=C(c1ccno1)N1CCC(N2CCC(Oc3ccccc3F)CC2)CC1. The molecule has 2 aromatic rings. The predicted molar refractivity (Wildman–Crippen MR) is 97.1 cm³/mol. The maximum Gasteiger partial charge on any atom is 0.292 e. The van der Waals surface area contributed by atoms with Crippen molar-refractivity contribution in [3.63, 3.8) is 0 Å². The van der Waals surface area contributed by atoms with Crippen LogP contribution in [0.1, 0.15) is 36.2 Å². The van der Waals surface area contributed by atoms with Crippen molar-refractivity contribution < 1.29 is 18.4 Å². The molecule has 1 aromatic heterocycles. The Labute approximate surface area is 157 Å². The Hall–Kier alpha value is -2.41. The van der Waals surface area contributed by atoms with E-state index >= 15 is 0 Å². The number of benzene rings is 1. The van der Waals surface area contributed by atoms with Crippen molar-refractivity contribution in [2.24, 2.45) is 0 Å². The van der Waals surface area contributed by atoms with Crippen molar-refractivity contribution in [2.75, 3.05) is 26.2 Å². The highest BCUT2D eigenvalue weighted by Gasteiger charge is 2.31. The fourth-order valence-electron chi connectivity index (χ4n) is 3.99. The summed E-state index contributed by atoms with van der Waals surface area (Å²) >= 11 is 0. The van der Waals surface area contributed by atoms with Crippen LogP contribution in [-0.4, -0.2) is 59.2 Å². The molecule has 0 bridgehead atoms. The van der Waals surface area contributed by atoms with E-state index in [0.29, 0.717) is 17.6 Å². The van der Waals surface area contributed by atoms with Crippen molar-refractivity contribution in [3.05, 3.63) is 48.1 Å². The van der Waals surface area contributed by atoms with E-state index in [9.17, 15) is 9.18 Å². The van der Waals surface area contributed by atoms with Gasteiger partial charge in [0.05, 0.1) is 6.20 Å². The second-order valence-corrected chi connectivity index (χ2v) is 7.18. The van der Waals surface area contributed by atoms with E-state index < -0.39 is 0 Å². The first kappa shape index (κ1) is 18.0. The maximum atomic E-state index is 13.7. The molecule has 2 aliphatic heterocycles. The molecule has 0 unspecified atom stereocenters. The number of ether oxygens (including phenoxy) is 1. The number of para-hydroxylation sites is 1. The molecule has 27 heavy (non-hydrogen) atoms. The Morgan fingerprint density at radius 2 is 1.81 bits per heavy atom. The van der Waals surface area contributed by atoms with Gasteiger partial charge in [0.1, 0.15) is 6.10 Å². The molecule has 0 radical (unpaired) electrons. The topological polar surface area (TPSA) is 58.8 Å². The van der Waals surface area contributed by atoms with Crippen LogP contribution in [0.4, 0.5) is 4.39 Å². The normalized spacial score (nSPS) is 20.0. The van der Waals surface area contributed by atoms with E-state index in [4.69, 9.17) is 9.26 Å². The van der Waals surface area contributed by atoms with Crippen LogP contribution in [0.5, 0.6) is 5.75 Å². The fourth-order valence-corrected chi connectivity index (χ4v) is 3.99. The van der Waals surface area contributed by atoms with E-state index in [1.165, 1.54) is 12.3 Å². The number of aromatic nitrogens is 1. The smallest absolute Gasteiger partial charge is 0.292 e. The summed E-state index contributed by atoms with van der Waals surface area (Å²) in [6, 6.07) is 8.67. The standard InChI is InChI=1S/C20H24FN3O3/c21-17-3-1-2-4-18(17)26-16-8-13-23(14-9-16)15-6-11-24(12-7-15)20(25)19-5-10-22-27-19/h1-5,10,15-16H,6-9,11-14H2. The third-order valence-electron chi connectivity index (χ3n) is 5.52. The van der Waals surface area contributed by atoms with Gasteiger partial charge in [-0.1, -0.05) is 17.3 Å². The van der Waals surface area contributed by atoms with Crippen LogP contribution in [0.3, 0.4) is 0 Å². The molecule has 144 valence electrons. The fraction of sp³-hybridized carbons (Fsp3) is 0.500. The molecule has 0 atom stereocenters. The van der Waals surface area contributed by atoms with Crippen molar-refractivity contribution >= 4 is 5.91 Å².